The van der Waals surface area contributed by atoms with Crippen LogP contribution in [0.25, 0.3) is 0 Å². The quantitative estimate of drug-likeness (QED) is 0.602. The minimum atomic E-state index is -0.879. The van der Waals surface area contributed by atoms with Gasteiger partial charge in [0, 0.05) is 37.8 Å². The van der Waals surface area contributed by atoms with E-state index in [-0.39, 0.29) is 17.4 Å². The zero-order valence-corrected chi connectivity index (χ0v) is 18.4. The van der Waals surface area contributed by atoms with Gasteiger partial charge in [-0.05, 0) is 49.6 Å². The molecule has 0 unspecified atom stereocenters. The molecular formula is C26H25F2N3O2. The first kappa shape index (κ1) is 22.6. The van der Waals surface area contributed by atoms with Crippen molar-refractivity contribution in [2.45, 2.75) is 26.3 Å². The van der Waals surface area contributed by atoms with Crippen molar-refractivity contribution in [2.24, 2.45) is 10.9 Å². The molecule has 1 saturated heterocycles. The van der Waals surface area contributed by atoms with Gasteiger partial charge in [0.05, 0.1) is 5.56 Å². The smallest absolute Gasteiger partial charge is 0.256 e. The summed E-state index contributed by atoms with van der Waals surface area (Å²) in [6, 6.07) is 16.7. The van der Waals surface area contributed by atoms with E-state index in [1.54, 1.807) is 0 Å². The molecule has 0 radical (unpaired) electrons. The van der Waals surface area contributed by atoms with E-state index in [0.717, 1.165) is 17.7 Å². The number of benzene rings is 2. The van der Waals surface area contributed by atoms with Gasteiger partial charge in [0.25, 0.3) is 11.8 Å². The first-order chi connectivity index (χ1) is 15.9. The number of carbonyl (C=O) groups excluding carboxylic acids is 2. The molecule has 170 valence electrons. The van der Waals surface area contributed by atoms with Gasteiger partial charge in [-0.25, -0.2) is 8.78 Å². The number of aryl methyl sites for hydroxylation is 1. The minimum Gasteiger partial charge on any atom is -0.339 e. The third-order valence-corrected chi connectivity index (χ3v) is 5.91. The number of nitrogens with zero attached hydrogens (tertiary/aromatic N) is 3. The van der Waals surface area contributed by atoms with Crippen molar-refractivity contribution in [3.63, 3.8) is 0 Å². The summed E-state index contributed by atoms with van der Waals surface area (Å²) >= 11 is 0. The molecule has 0 atom stereocenters. The van der Waals surface area contributed by atoms with E-state index >= 15 is 0 Å². The molecule has 33 heavy (non-hydrogen) atoms. The van der Waals surface area contributed by atoms with Gasteiger partial charge in [0.2, 0.25) is 0 Å². The Labute approximate surface area is 191 Å². The molecule has 0 saturated carbocycles. The van der Waals surface area contributed by atoms with Crippen LogP contribution >= 0.6 is 0 Å². The number of hydrogen-bond donors (Lipinski definition) is 0. The fraction of sp³-hybridized carbons (Fsp3) is 0.269. The molecule has 1 aromatic heterocycles. The van der Waals surface area contributed by atoms with Crippen molar-refractivity contribution in [1.82, 2.24) is 9.47 Å². The highest BCUT2D eigenvalue weighted by Gasteiger charge is 2.28. The first-order valence-corrected chi connectivity index (χ1v) is 10.9. The second-order valence-corrected chi connectivity index (χ2v) is 8.31. The number of pyridine rings is 1. The predicted octanol–water partition coefficient (Wildman–Crippen LogP) is 4.10. The Bertz CT molecular complexity index is 1230. The standard InChI is InChI=1S/C26H25F2N3O2/c1-18-5-7-19(8-6-18)17-31-13-3-2-4-24(31)29-25(32)20-11-14-30(15-12-20)26(33)22-10-9-21(27)16-23(22)28/h2-10,13,16,20H,11-12,14-15,17H2,1H3. The molecule has 7 heteroatoms. The molecule has 0 N–H and O–H groups in total. The van der Waals surface area contributed by atoms with Crippen molar-refractivity contribution in [2.75, 3.05) is 13.1 Å². The Kier molecular flexibility index (Phi) is 6.77. The average Bonchev–Trinajstić information content (AvgIpc) is 2.81. The molecule has 1 aliphatic heterocycles. The van der Waals surface area contributed by atoms with Crippen LogP contribution in [-0.2, 0) is 11.3 Å². The third kappa shape index (κ3) is 5.42. The summed E-state index contributed by atoms with van der Waals surface area (Å²) in [6.07, 6.45) is 2.79. The number of amides is 2. The summed E-state index contributed by atoms with van der Waals surface area (Å²) < 4.78 is 29.0. The number of rotatable bonds is 4. The maximum atomic E-state index is 14.0. The lowest BCUT2D eigenvalue weighted by molar-refractivity contribution is -0.123. The normalized spacial score (nSPS) is 15.0. The Hall–Kier alpha value is -3.61. The van der Waals surface area contributed by atoms with Gasteiger partial charge in [0.1, 0.15) is 17.1 Å². The second-order valence-electron chi connectivity index (χ2n) is 8.31. The van der Waals surface area contributed by atoms with Crippen LogP contribution in [-0.4, -0.2) is 34.4 Å². The van der Waals surface area contributed by atoms with Gasteiger partial charge >= 0.3 is 0 Å². The number of carbonyl (C=O) groups is 2. The molecule has 0 aliphatic carbocycles. The second kappa shape index (κ2) is 9.90. The van der Waals surface area contributed by atoms with Gasteiger partial charge in [-0.1, -0.05) is 35.9 Å². The number of aromatic nitrogens is 1. The highest BCUT2D eigenvalue weighted by Crippen LogP contribution is 2.21. The van der Waals surface area contributed by atoms with Crippen molar-refractivity contribution < 1.29 is 18.4 Å². The molecule has 2 aromatic carbocycles. The lowest BCUT2D eigenvalue weighted by Crippen LogP contribution is -2.40. The molecule has 2 amide bonds. The molecular weight excluding hydrogens is 424 g/mol. The zero-order valence-electron chi connectivity index (χ0n) is 18.4. The SMILES string of the molecule is Cc1ccc(Cn2ccccc2=NC(=O)C2CCN(C(=O)c3ccc(F)cc3F)CC2)cc1. The van der Waals surface area contributed by atoms with Crippen LogP contribution in [0.4, 0.5) is 8.78 Å². The Balaban J connectivity index is 1.43. The number of likely N-dealkylation sites (tertiary alicyclic amines) is 1. The first-order valence-electron chi connectivity index (χ1n) is 10.9. The van der Waals surface area contributed by atoms with E-state index in [2.05, 4.69) is 17.1 Å². The van der Waals surface area contributed by atoms with E-state index in [9.17, 15) is 18.4 Å². The van der Waals surface area contributed by atoms with Crippen LogP contribution in [0, 0.1) is 24.5 Å². The summed E-state index contributed by atoms with van der Waals surface area (Å²) in [5.41, 5.74) is 2.71. The molecule has 0 spiro atoms. The summed E-state index contributed by atoms with van der Waals surface area (Å²) in [5, 5.41) is 0. The van der Waals surface area contributed by atoms with Gasteiger partial charge in [-0.2, -0.15) is 4.99 Å². The van der Waals surface area contributed by atoms with Gasteiger partial charge in [0.15, 0.2) is 0 Å². The molecule has 4 rings (SSSR count). The largest absolute Gasteiger partial charge is 0.339 e. The lowest BCUT2D eigenvalue weighted by Gasteiger charge is -2.30. The van der Waals surface area contributed by atoms with Crippen molar-refractivity contribution >= 4 is 11.8 Å². The minimum absolute atomic E-state index is 0.160. The van der Waals surface area contributed by atoms with Crippen LogP contribution in [0.3, 0.4) is 0 Å². The van der Waals surface area contributed by atoms with Crippen molar-refractivity contribution in [3.8, 4) is 0 Å². The fourth-order valence-corrected chi connectivity index (χ4v) is 3.96. The average molecular weight is 450 g/mol. The monoisotopic (exact) mass is 449 g/mol. The highest BCUT2D eigenvalue weighted by molar-refractivity contribution is 5.94. The van der Waals surface area contributed by atoms with E-state index in [1.165, 1.54) is 10.5 Å². The van der Waals surface area contributed by atoms with E-state index < -0.39 is 17.5 Å². The van der Waals surface area contributed by atoms with Crippen LogP contribution < -0.4 is 5.49 Å². The predicted molar refractivity (Wildman–Crippen MR) is 120 cm³/mol. The van der Waals surface area contributed by atoms with Gasteiger partial charge in [-0.3, -0.25) is 9.59 Å². The maximum Gasteiger partial charge on any atom is 0.256 e. The molecule has 1 fully saturated rings. The number of piperidine rings is 1. The zero-order chi connectivity index (χ0) is 23.4. The molecule has 2 heterocycles. The lowest BCUT2D eigenvalue weighted by atomic mass is 9.95. The fourth-order valence-electron chi connectivity index (χ4n) is 3.96. The van der Waals surface area contributed by atoms with Crippen LogP contribution in [0.1, 0.15) is 34.3 Å². The summed E-state index contributed by atoms with van der Waals surface area (Å²) in [5.74, 6) is -2.63. The number of hydrogen-bond acceptors (Lipinski definition) is 2. The van der Waals surface area contributed by atoms with E-state index in [4.69, 9.17) is 0 Å². The van der Waals surface area contributed by atoms with Crippen molar-refractivity contribution in [3.05, 3.63) is 101 Å². The summed E-state index contributed by atoms with van der Waals surface area (Å²) in [6.45, 7) is 3.27. The Morgan fingerprint density at radius 1 is 1.00 bits per heavy atom. The van der Waals surface area contributed by atoms with Crippen LogP contribution in [0.15, 0.2) is 71.9 Å². The topological polar surface area (TPSA) is 54.7 Å². The van der Waals surface area contributed by atoms with Crippen molar-refractivity contribution in [1.29, 1.82) is 0 Å². The van der Waals surface area contributed by atoms with Crippen LogP contribution in [0.2, 0.25) is 0 Å². The van der Waals surface area contributed by atoms with Gasteiger partial charge < -0.3 is 9.47 Å². The van der Waals surface area contributed by atoms with E-state index in [0.29, 0.717) is 44.0 Å². The Morgan fingerprint density at radius 3 is 2.42 bits per heavy atom. The summed E-state index contributed by atoms with van der Waals surface area (Å²) in [7, 11) is 0. The van der Waals surface area contributed by atoms with Gasteiger partial charge in [-0.15, -0.1) is 0 Å². The van der Waals surface area contributed by atoms with E-state index in [1.807, 2.05) is 48.0 Å². The molecule has 0 bridgehead atoms. The van der Waals surface area contributed by atoms with Crippen LogP contribution in [0.5, 0.6) is 0 Å². The summed E-state index contributed by atoms with van der Waals surface area (Å²) in [4.78, 5) is 31.3. The maximum absolute atomic E-state index is 14.0. The Morgan fingerprint density at radius 2 is 1.73 bits per heavy atom. The molecule has 3 aromatic rings. The molecule has 1 aliphatic rings. The third-order valence-electron chi connectivity index (χ3n) is 5.91. The molecule has 5 nitrogen and oxygen atoms in total. The number of halogens is 2. The highest BCUT2D eigenvalue weighted by atomic mass is 19.1.